The summed E-state index contributed by atoms with van der Waals surface area (Å²) in [7, 11) is 0. The maximum Gasteiger partial charge on any atom is 0.306 e. The lowest BCUT2D eigenvalue weighted by Gasteiger charge is -2.21. The molecule has 0 bridgehead atoms. The van der Waals surface area contributed by atoms with Crippen LogP contribution in [0.3, 0.4) is 0 Å². The molecule has 0 spiro atoms. The van der Waals surface area contributed by atoms with Crippen molar-refractivity contribution in [3.63, 3.8) is 0 Å². The Morgan fingerprint density at radius 2 is 1.92 bits per heavy atom. The van der Waals surface area contributed by atoms with Gasteiger partial charge in [-0.3, -0.25) is 9.59 Å². The van der Waals surface area contributed by atoms with Crippen LogP contribution >= 0.6 is 15.9 Å². The van der Waals surface area contributed by atoms with E-state index < -0.39 is 17.4 Å². The van der Waals surface area contributed by atoms with E-state index in [4.69, 9.17) is 9.47 Å². The Hall–Kier alpha value is -2.07. The van der Waals surface area contributed by atoms with Gasteiger partial charge in [0.1, 0.15) is 11.3 Å². The summed E-state index contributed by atoms with van der Waals surface area (Å²) in [5, 5.41) is 11.9. The quantitative estimate of drug-likeness (QED) is 0.527. The summed E-state index contributed by atoms with van der Waals surface area (Å²) in [6, 6.07) is 9.58. The number of nitrogens with one attached hydrogen (secondary N) is 1. The van der Waals surface area contributed by atoms with Gasteiger partial charge in [0.25, 0.3) is 5.91 Å². The Kier molecular flexibility index (Phi) is 7.26. The van der Waals surface area contributed by atoms with Crippen molar-refractivity contribution in [2.75, 3.05) is 13.2 Å². The number of hydrogen-bond acceptors (Lipinski definition) is 5. The molecule has 25 heavy (non-hydrogen) atoms. The first kappa shape index (κ1) is 19.3. The van der Waals surface area contributed by atoms with Crippen LogP contribution in [0.25, 0.3) is 0 Å². The van der Waals surface area contributed by atoms with Crippen molar-refractivity contribution in [2.24, 2.45) is 0 Å². The number of nitrogens with zero attached hydrogens (tertiary/aromatic N) is 1. The number of ether oxygens (including phenoxy) is 2. The summed E-state index contributed by atoms with van der Waals surface area (Å²) < 4.78 is 11.4. The van der Waals surface area contributed by atoms with Crippen molar-refractivity contribution in [1.82, 2.24) is 5.32 Å². The van der Waals surface area contributed by atoms with Crippen molar-refractivity contribution >= 4 is 27.8 Å². The normalized spacial score (nSPS) is 15.2. The Balaban J connectivity index is 1.59. The van der Waals surface area contributed by atoms with Crippen LogP contribution in [-0.2, 0) is 14.3 Å². The maximum absolute atomic E-state index is 11.8. The molecule has 6 nitrogen and oxygen atoms in total. The minimum Gasteiger partial charge on any atom is -0.494 e. The molecule has 1 aromatic rings. The second-order valence-electron chi connectivity index (χ2n) is 6.02. The molecule has 1 aliphatic carbocycles. The average molecular weight is 409 g/mol. The molecule has 7 heteroatoms. The second-order valence-corrected chi connectivity index (χ2v) is 6.93. The lowest BCUT2D eigenvalue weighted by Crippen LogP contribution is -2.46. The van der Waals surface area contributed by atoms with Crippen molar-refractivity contribution < 1.29 is 19.1 Å². The number of nitriles is 1. The van der Waals surface area contributed by atoms with Crippen LogP contribution in [0, 0.1) is 11.3 Å². The Morgan fingerprint density at radius 1 is 1.24 bits per heavy atom. The van der Waals surface area contributed by atoms with Gasteiger partial charge in [-0.05, 0) is 56.4 Å². The van der Waals surface area contributed by atoms with Crippen molar-refractivity contribution in [1.29, 1.82) is 5.26 Å². The van der Waals surface area contributed by atoms with Gasteiger partial charge in [0.05, 0.1) is 12.7 Å². The van der Waals surface area contributed by atoms with Gasteiger partial charge < -0.3 is 14.8 Å². The van der Waals surface area contributed by atoms with E-state index in [1.54, 1.807) is 0 Å². The molecule has 1 amide bonds. The maximum atomic E-state index is 11.8. The molecule has 134 valence electrons. The highest BCUT2D eigenvalue weighted by molar-refractivity contribution is 9.10. The second kappa shape index (κ2) is 9.42. The third-order valence-electron chi connectivity index (χ3n) is 4.02. The van der Waals surface area contributed by atoms with E-state index in [0.717, 1.165) is 23.1 Å². The smallest absolute Gasteiger partial charge is 0.306 e. The van der Waals surface area contributed by atoms with Gasteiger partial charge in [-0.25, -0.2) is 0 Å². The topological polar surface area (TPSA) is 88.4 Å². The molecule has 1 aromatic carbocycles. The zero-order valence-electron chi connectivity index (χ0n) is 13.9. The highest BCUT2D eigenvalue weighted by Crippen LogP contribution is 2.28. The predicted molar refractivity (Wildman–Crippen MR) is 94.8 cm³/mol. The van der Waals surface area contributed by atoms with Crippen LogP contribution in [0.15, 0.2) is 28.7 Å². The average Bonchev–Trinajstić information content (AvgIpc) is 3.07. The largest absolute Gasteiger partial charge is 0.494 e. The van der Waals surface area contributed by atoms with Crippen LogP contribution in [0.2, 0.25) is 0 Å². The molecule has 0 aromatic heterocycles. The fraction of sp³-hybridized carbons (Fsp3) is 0.500. The van der Waals surface area contributed by atoms with Gasteiger partial charge in [0, 0.05) is 10.9 Å². The molecule has 2 rings (SSSR count). The van der Waals surface area contributed by atoms with Crippen LogP contribution < -0.4 is 10.1 Å². The minimum absolute atomic E-state index is 0.174. The zero-order chi connectivity index (χ0) is 18.1. The monoisotopic (exact) mass is 408 g/mol. The Morgan fingerprint density at radius 3 is 2.56 bits per heavy atom. The van der Waals surface area contributed by atoms with E-state index in [1.807, 2.05) is 24.3 Å². The molecule has 1 fully saturated rings. The molecule has 0 radical (unpaired) electrons. The van der Waals surface area contributed by atoms with Gasteiger partial charge in [0.2, 0.25) is 0 Å². The summed E-state index contributed by atoms with van der Waals surface area (Å²) in [6.07, 6.45) is 3.82. The summed E-state index contributed by atoms with van der Waals surface area (Å²) in [4.78, 5) is 23.5. The number of carbonyl (C=O) groups excluding carboxylic acids is 2. The summed E-state index contributed by atoms with van der Waals surface area (Å²) in [5.74, 6) is -0.149. The molecular weight excluding hydrogens is 388 g/mol. The van der Waals surface area contributed by atoms with Crippen LogP contribution in [-0.4, -0.2) is 30.6 Å². The first-order chi connectivity index (χ1) is 12.0. The van der Waals surface area contributed by atoms with Gasteiger partial charge in [0.15, 0.2) is 6.61 Å². The number of hydrogen-bond donors (Lipinski definition) is 1. The third-order valence-corrected chi connectivity index (χ3v) is 4.55. The zero-order valence-corrected chi connectivity index (χ0v) is 15.5. The van der Waals surface area contributed by atoms with E-state index in [2.05, 4.69) is 27.3 Å². The van der Waals surface area contributed by atoms with Crippen LogP contribution in [0.1, 0.15) is 38.5 Å². The molecule has 0 aliphatic heterocycles. The van der Waals surface area contributed by atoms with E-state index in [-0.39, 0.29) is 13.0 Å². The number of carbonyl (C=O) groups is 2. The van der Waals surface area contributed by atoms with Crippen molar-refractivity contribution in [2.45, 2.75) is 44.1 Å². The highest BCUT2D eigenvalue weighted by Gasteiger charge is 2.35. The first-order valence-electron chi connectivity index (χ1n) is 8.29. The van der Waals surface area contributed by atoms with E-state index in [1.165, 1.54) is 0 Å². The van der Waals surface area contributed by atoms with E-state index in [9.17, 15) is 14.9 Å². The standard InChI is InChI=1S/C18H21BrN2O4/c19-14-5-7-15(8-6-14)24-11-3-4-17(23)25-12-16(22)21-18(13-20)9-1-2-10-18/h5-8H,1-4,9-12H2,(H,21,22). The van der Waals surface area contributed by atoms with Gasteiger partial charge in [-0.15, -0.1) is 0 Å². The predicted octanol–water partition coefficient (Wildman–Crippen LogP) is 3.10. The highest BCUT2D eigenvalue weighted by atomic mass is 79.9. The molecule has 0 atom stereocenters. The molecule has 1 saturated carbocycles. The Bertz CT molecular complexity index is 633. The fourth-order valence-electron chi connectivity index (χ4n) is 2.70. The van der Waals surface area contributed by atoms with Gasteiger partial charge >= 0.3 is 5.97 Å². The van der Waals surface area contributed by atoms with E-state index >= 15 is 0 Å². The van der Waals surface area contributed by atoms with Crippen molar-refractivity contribution in [3.05, 3.63) is 28.7 Å². The van der Waals surface area contributed by atoms with Crippen LogP contribution in [0.5, 0.6) is 5.75 Å². The minimum atomic E-state index is -0.790. The number of rotatable bonds is 8. The van der Waals surface area contributed by atoms with Gasteiger partial charge in [-0.2, -0.15) is 5.26 Å². The number of amides is 1. The molecule has 0 heterocycles. The summed E-state index contributed by atoms with van der Waals surface area (Å²) in [5.41, 5.74) is -0.790. The number of halogens is 1. The molecule has 1 N–H and O–H groups in total. The summed E-state index contributed by atoms with van der Waals surface area (Å²) in [6.45, 7) is 0.0380. The Labute approximate surface area is 155 Å². The molecular formula is C18H21BrN2O4. The lowest BCUT2D eigenvalue weighted by atomic mass is 10.00. The third kappa shape index (κ3) is 6.39. The molecule has 1 aliphatic rings. The summed E-state index contributed by atoms with van der Waals surface area (Å²) >= 11 is 3.34. The van der Waals surface area contributed by atoms with E-state index in [0.29, 0.717) is 25.9 Å². The first-order valence-corrected chi connectivity index (χ1v) is 9.09. The lowest BCUT2D eigenvalue weighted by molar-refractivity contribution is -0.149. The molecule has 0 unspecified atom stereocenters. The SMILES string of the molecule is N#CC1(NC(=O)COC(=O)CCCOc2ccc(Br)cc2)CCCC1. The number of esters is 1. The number of benzene rings is 1. The van der Waals surface area contributed by atoms with Gasteiger partial charge in [-0.1, -0.05) is 15.9 Å². The fourth-order valence-corrected chi connectivity index (χ4v) is 2.97. The molecule has 0 saturated heterocycles. The van der Waals surface area contributed by atoms with Crippen LogP contribution in [0.4, 0.5) is 0 Å². The van der Waals surface area contributed by atoms with Crippen molar-refractivity contribution in [3.8, 4) is 11.8 Å².